The fraction of sp³-hybridized carbons (Fsp3) is 0.727. The molecule has 0 saturated carbocycles. The minimum absolute atomic E-state index is 0.00617. The lowest BCUT2D eigenvalue weighted by atomic mass is 10.4. The van der Waals surface area contributed by atoms with Gasteiger partial charge in [-0.2, -0.15) is 0 Å². The Bertz CT molecular complexity index is 145. The number of hydrogen-bond acceptors (Lipinski definition) is 3. The van der Waals surface area contributed by atoms with Crippen LogP contribution in [0.15, 0.2) is 12.8 Å². The largest absolute Gasteiger partial charge is 0.499 e. The van der Waals surface area contributed by atoms with Crippen molar-refractivity contribution in [1.29, 1.82) is 0 Å². The zero-order valence-electron chi connectivity index (χ0n) is 9.36. The third kappa shape index (κ3) is 8.08. The van der Waals surface area contributed by atoms with Gasteiger partial charge >= 0.3 is 0 Å². The van der Waals surface area contributed by atoms with Crippen LogP contribution >= 0.6 is 0 Å². The smallest absolute Gasteiger partial charge is 0.113 e. The molecule has 0 bridgehead atoms. The molecule has 0 spiro atoms. The molecule has 0 heterocycles. The third-order valence-electron chi connectivity index (χ3n) is 1.53. The normalized spacial score (nSPS) is 15.2. The molecule has 0 rings (SSSR count). The standard InChI is InChI=1S/C11H21O3/c1-6-12-7-10(4)13-8-11(5)14-9(2)3/h6,9-11H,1-2,7-8H2,3-5H3. The monoisotopic (exact) mass is 201 g/mol. The van der Waals surface area contributed by atoms with Crippen LogP contribution in [0.25, 0.3) is 0 Å². The lowest BCUT2D eigenvalue weighted by Gasteiger charge is -2.19. The van der Waals surface area contributed by atoms with E-state index in [4.69, 9.17) is 14.2 Å². The van der Waals surface area contributed by atoms with E-state index < -0.39 is 0 Å². The van der Waals surface area contributed by atoms with E-state index in [0.29, 0.717) is 13.2 Å². The molecule has 14 heavy (non-hydrogen) atoms. The molecule has 3 atom stereocenters. The molecule has 0 amide bonds. The fourth-order valence-electron chi connectivity index (χ4n) is 0.987. The van der Waals surface area contributed by atoms with Gasteiger partial charge in [-0.25, -0.2) is 0 Å². The van der Waals surface area contributed by atoms with Crippen molar-refractivity contribution < 1.29 is 14.2 Å². The minimum Gasteiger partial charge on any atom is -0.499 e. The highest BCUT2D eigenvalue weighted by atomic mass is 16.6. The first kappa shape index (κ1) is 13.5. The van der Waals surface area contributed by atoms with Gasteiger partial charge in [-0.1, -0.05) is 6.58 Å². The summed E-state index contributed by atoms with van der Waals surface area (Å²) in [4.78, 5) is 0. The second kappa shape index (κ2) is 7.83. The van der Waals surface area contributed by atoms with E-state index in [1.165, 1.54) is 6.26 Å². The van der Waals surface area contributed by atoms with Gasteiger partial charge in [0.2, 0.25) is 0 Å². The van der Waals surface area contributed by atoms with E-state index in [1.807, 2.05) is 20.8 Å². The van der Waals surface area contributed by atoms with Crippen LogP contribution in [0.2, 0.25) is 0 Å². The second-order valence-corrected chi connectivity index (χ2v) is 3.40. The molecule has 0 saturated heterocycles. The van der Waals surface area contributed by atoms with Crippen LogP contribution in [0, 0.1) is 6.92 Å². The lowest BCUT2D eigenvalue weighted by Crippen LogP contribution is -2.24. The first-order valence-electron chi connectivity index (χ1n) is 4.89. The molecule has 0 fully saturated rings. The summed E-state index contributed by atoms with van der Waals surface area (Å²) in [5.74, 6) is 0. The number of rotatable bonds is 8. The van der Waals surface area contributed by atoms with Gasteiger partial charge in [0, 0.05) is 0 Å². The molecule has 0 aromatic carbocycles. The topological polar surface area (TPSA) is 27.7 Å². The highest BCUT2D eigenvalue weighted by Crippen LogP contribution is 2.00. The van der Waals surface area contributed by atoms with Crippen molar-refractivity contribution in [2.24, 2.45) is 0 Å². The van der Waals surface area contributed by atoms with E-state index in [0.717, 1.165) is 0 Å². The lowest BCUT2D eigenvalue weighted by molar-refractivity contribution is -0.0588. The highest BCUT2D eigenvalue weighted by Gasteiger charge is 2.08. The number of hydrogen-bond donors (Lipinski definition) is 0. The van der Waals surface area contributed by atoms with Gasteiger partial charge in [-0.15, -0.1) is 0 Å². The van der Waals surface area contributed by atoms with Crippen molar-refractivity contribution >= 4 is 0 Å². The van der Waals surface area contributed by atoms with Gasteiger partial charge < -0.3 is 14.2 Å². The molecule has 0 aromatic heterocycles. The predicted octanol–water partition coefficient (Wildman–Crippen LogP) is 2.18. The van der Waals surface area contributed by atoms with Crippen LogP contribution < -0.4 is 0 Å². The van der Waals surface area contributed by atoms with Gasteiger partial charge in [-0.05, 0) is 27.7 Å². The average molecular weight is 201 g/mol. The van der Waals surface area contributed by atoms with E-state index in [9.17, 15) is 0 Å². The zero-order valence-corrected chi connectivity index (χ0v) is 9.36. The van der Waals surface area contributed by atoms with Crippen molar-refractivity contribution in [1.82, 2.24) is 0 Å². The first-order chi connectivity index (χ1) is 6.56. The Balaban J connectivity index is 3.45. The van der Waals surface area contributed by atoms with Crippen LogP contribution in [-0.2, 0) is 14.2 Å². The van der Waals surface area contributed by atoms with Crippen molar-refractivity contribution in [2.45, 2.75) is 39.1 Å². The summed E-state index contributed by atoms with van der Waals surface area (Å²) >= 11 is 0. The van der Waals surface area contributed by atoms with Gasteiger partial charge in [0.1, 0.15) is 6.61 Å². The molecule has 3 unspecified atom stereocenters. The molecular formula is C11H21O3. The molecular weight excluding hydrogens is 180 g/mol. The summed E-state index contributed by atoms with van der Waals surface area (Å²) < 4.78 is 15.9. The summed E-state index contributed by atoms with van der Waals surface area (Å²) in [6.07, 6.45) is 1.53. The fourth-order valence-corrected chi connectivity index (χ4v) is 0.987. The maximum absolute atomic E-state index is 5.48. The third-order valence-corrected chi connectivity index (χ3v) is 1.53. The summed E-state index contributed by atoms with van der Waals surface area (Å²) in [5, 5.41) is 0. The summed E-state index contributed by atoms with van der Waals surface area (Å²) in [7, 11) is 0. The van der Waals surface area contributed by atoms with Crippen LogP contribution in [0.1, 0.15) is 20.8 Å². The van der Waals surface area contributed by atoms with Crippen LogP contribution in [-0.4, -0.2) is 31.5 Å². The average Bonchev–Trinajstić information content (AvgIpc) is 2.10. The van der Waals surface area contributed by atoms with E-state index in [1.54, 1.807) is 0 Å². The molecule has 1 radical (unpaired) electrons. The summed E-state index contributed by atoms with van der Waals surface area (Å²) in [6, 6.07) is 0. The Kier molecular flexibility index (Phi) is 7.52. The molecule has 0 aromatic rings. The van der Waals surface area contributed by atoms with Crippen LogP contribution in [0.3, 0.4) is 0 Å². The summed E-state index contributed by atoms with van der Waals surface area (Å²) in [6.45, 7) is 14.1. The Morgan fingerprint density at radius 1 is 1.14 bits per heavy atom. The Labute approximate surface area is 87.0 Å². The molecule has 0 aliphatic carbocycles. The molecule has 3 heteroatoms. The van der Waals surface area contributed by atoms with Crippen LogP contribution in [0.4, 0.5) is 0 Å². The predicted molar refractivity (Wildman–Crippen MR) is 56.9 cm³/mol. The molecule has 83 valence electrons. The van der Waals surface area contributed by atoms with Gasteiger partial charge in [0.15, 0.2) is 0 Å². The molecule has 0 aliphatic rings. The van der Waals surface area contributed by atoms with E-state index in [-0.39, 0.29) is 18.3 Å². The molecule has 3 nitrogen and oxygen atoms in total. The van der Waals surface area contributed by atoms with Gasteiger partial charge in [0.25, 0.3) is 0 Å². The maximum atomic E-state index is 5.48. The Morgan fingerprint density at radius 2 is 1.79 bits per heavy atom. The van der Waals surface area contributed by atoms with E-state index in [2.05, 4.69) is 13.5 Å². The van der Waals surface area contributed by atoms with Crippen molar-refractivity contribution in [3.05, 3.63) is 19.8 Å². The van der Waals surface area contributed by atoms with Gasteiger partial charge in [-0.3, -0.25) is 0 Å². The van der Waals surface area contributed by atoms with Gasteiger partial charge in [0.05, 0.1) is 31.2 Å². The van der Waals surface area contributed by atoms with Crippen LogP contribution in [0.5, 0.6) is 0 Å². The summed E-state index contributed by atoms with van der Waals surface area (Å²) in [5.41, 5.74) is 0. The number of ether oxygens (including phenoxy) is 3. The van der Waals surface area contributed by atoms with Crippen molar-refractivity contribution in [2.75, 3.05) is 13.2 Å². The van der Waals surface area contributed by atoms with Crippen molar-refractivity contribution in [3.8, 4) is 0 Å². The molecule has 0 aliphatic heterocycles. The Hall–Kier alpha value is -0.540. The first-order valence-corrected chi connectivity index (χ1v) is 4.89. The SMILES string of the molecule is [CH2]C(C)OC(C)COC(C)COC=C. The quantitative estimate of drug-likeness (QED) is 0.563. The minimum atomic E-state index is -0.00617. The molecule has 0 N–H and O–H groups in total. The van der Waals surface area contributed by atoms with Crippen molar-refractivity contribution in [3.63, 3.8) is 0 Å². The highest BCUT2D eigenvalue weighted by molar-refractivity contribution is 4.58. The van der Waals surface area contributed by atoms with E-state index >= 15 is 0 Å². The second-order valence-electron chi connectivity index (χ2n) is 3.40. The maximum Gasteiger partial charge on any atom is 0.113 e. The zero-order chi connectivity index (χ0) is 11.0. The Morgan fingerprint density at radius 3 is 2.29 bits per heavy atom.